The maximum absolute atomic E-state index is 10.2. The standard InChI is InChI=1S/C12H9N.C7H6O2/c1-3-7-11-9(5-1)10-6-2-4-8-12(10)13-11;8-7(9)6-4-2-1-3-5-6/h1-8,13H;1-5H,(H,8,9). The Bertz CT molecular complexity index is 860. The molecular formula is C19H15NO2. The summed E-state index contributed by atoms with van der Waals surface area (Å²) in [6.07, 6.45) is 0. The molecular weight excluding hydrogens is 274 g/mol. The molecule has 0 saturated heterocycles. The third kappa shape index (κ3) is 2.83. The van der Waals surface area contributed by atoms with Gasteiger partial charge >= 0.3 is 5.97 Å². The maximum Gasteiger partial charge on any atom is 0.335 e. The zero-order valence-electron chi connectivity index (χ0n) is 11.9. The molecule has 4 aromatic rings. The molecule has 22 heavy (non-hydrogen) atoms. The first-order valence-corrected chi connectivity index (χ1v) is 6.99. The number of hydrogen-bond acceptors (Lipinski definition) is 1. The second-order valence-corrected chi connectivity index (χ2v) is 4.89. The van der Waals surface area contributed by atoms with Crippen molar-refractivity contribution in [3.8, 4) is 0 Å². The number of carboxylic acid groups (broad SMARTS) is 1. The topological polar surface area (TPSA) is 53.1 Å². The summed E-state index contributed by atoms with van der Waals surface area (Å²) < 4.78 is 0. The zero-order valence-corrected chi connectivity index (χ0v) is 11.9. The van der Waals surface area contributed by atoms with Gasteiger partial charge in [-0.25, -0.2) is 4.79 Å². The number of aromatic carboxylic acids is 1. The number of rotatable bonds is 1. The van der Waals surface area contributed by atoms with Crippen LogP contribution in [-0.2, 0) is 0 Å². The first-order chi connectivity index (χ1) is 10.8. The second kappa shape index (κ2) is 6.14. The van der Waals surface area contributed by atoms with E-state index in [1.807, 2.05) is 0 Å². The van der Waals surface area contributed by atoms with Gasteiger partial charge in [-0.05, 0) is 24.3 Å². The van der Waals surface area contributed by atoms with Gasteiger partial charge in [0.1, 0.15) is 0 Å². The van der Waals surface area contributed by atoms with E-state index in [1.54, 1.807) is 30.3 Å². The van der Waals surface area contributed by atoms with Crippen molar-refractivity contribution in [2.24, 2.45) is 0 Å². The molecule has 0 atom stereocenters. The average Bonchev–Trinajstić information content (AvgIpc) is 2.95. The fourth-order valence-corrected chi connectivity index (χ4v) is 2.38. The molecule has 0 saturated carbocycles. The van der Waals surface area contributed by atoms with Crippen molar-refractivity contribution in [3.05, 3.63) is 84.4 Å². The van der Waals surface area contributed by atoms with Crippen molar-refractivity contribution < 1.29 is 9.90 Å². The van der Waals surface area contributed by atoms with Crippen LogP contribution in [0, 0.1) is 0 Å². The molecule has 2 N–H and O–H groups in total. The third-order valence-corrected chi connectivity index (χ3v) is 3.43. The van der Waals surface area contributed by atoms with E-state index in [0.717, 1.165) is 0 Å². The van der Waals surface area contributed by atoms with Crippen LogP contribution >= 0.6 is 0 Å². The molecule has 3 heteroatoms. The van der Waals surface area contributed by atoms with Crippen LogP contribution in [0.15, 0.2) is 78.9 Å². The number of fused-ring (bicyclic) bond motifs is 3. The van der Waals surface area contributed by atoms with Crippen molar-refractivity contribution in [1.82, 2.24) is 4.98 Å². The normalized spacial score (nSPS) is 10.2. The van der Waals surface area contributed by atoms with Crippen LogP contribution in [0.2, 0.25) is 0 Å². The molecule has 0 unspecified atom stereocenters. The summed E-state index contributed by atoms with van der Waals surface area (Å²) in [7, 11) is 0. The van der Waals surface area contributed by atoms with E-state index in [-0.39, 0.29) is 0 Å². The van der Waals surface area contributed by atoms with Gasteiger partial charge < -0.3 is 10.1 Å². The van der Waals surface area contributed by atoms with Gasteiger partial charge in [-0.3, -0.25) is 0 Å². The third-order valence-electron chi connectivity index (χ3n) is 3.43. The Kier molecular flexibility index (Phi) is 3.88. The summed E-state index contributed by atoms with van der Waals surface area (Å²) in [6.45, 7) is 0. The van der Waals surface area contributed by atoms with Gasteiger partial charge in [0.15, 0.2) is 0 Å². The summed E-state index contributed by atoms with van der Waals surface area (Å²) in [6, 6.07) is 25.1. The molecule has 1 heterocycles. The van der Waals surface area contributed by atoms with E-state index < -0.39 is 5.97 Å². The lowest BCUT2D eigenvalue weighted by molar-refractivity contribution is 0.0697. The summed E-state index contributed by atoms with van der Waals surface area (Å²) in [4.78, 5) is 13.6. The molecule has 0 aliphatic carbocycles. The highest BCUT2D eigenvalue weighted by Gasteiger charge is 2.00. The van der Waals surface area contributed by atoms with Crippen LogP contribution in [0.5, 0.6) is 0 Å². The Morgan fingerprint density at radius 2 is 1.14 bits per heavy atom. The molecule has 1 aromatic heterocycles. The summed E-state index contributed by atoms with van der Waals surface area (Å²) >= 11 is 0. The molecule has 0 bridgehead atoms. The number of carbonyl (C=O) groups is 1. The van der Waals surface area contributed by atoms with E-state index in [2.05, 4.69) is 53.5 Å². The van der Waals surface area contributed by atoms with E-state index in [4.69, 9.17) is 5.11 Å². The van der Waals surface area contributed by atoms with E-state index in [1.165, 1.54) is 21.8 Å². The number of H-pyrrole nitrogens is 1. The fourth-order valence-electron chi connectivity index (χ4n) is 2.38. The number of para-hydroxylation sites is 2. The minimum atomic E-state index is -0.879. The van der Waals surface area contributed by atoms with Crippen molar-refractivity contribution in [2.45, 2.75) is 0 Å². The molecule has 3 aromatic carbocycles. The Morgan fingerprint density at radius 3 is 1.59 bits per heavy atom. The number of hydrogen-bond donors (Lipinski definition) is 2. The number of aromatic nitrogens is 1. The maximum atomic E-state index is 10.2. The number of carboxylic acids is 1. The Balaban J connectivity index is 0.000000142. The SMILES string of the molecule is O=C(O)c1ccccc1.c1ccc2c(c1)[nH]c1ccccc12. The van der Waals surface area contributed by atoms with E-state index in [0.29, 0.717) is 5.56 Å². The number of aromatic amines is 1. The highest BCUT2D eigenvalue weighted by molar-refractivity contribution is 6.06. The quantitative estimate of drug-likeness (QED) is 0.533. The highest BCUT2D eigenvalue weighted by Crippen LogP contribution is 2.24. The average molecular weight is 289 g/mol. The molecule has 108 valence electrons. The lowest BCUT2D eigenvalue weighted by Crippen LogP contribution is -1.93. The van der Waals surface area contributed by atoms with Gasteiger partial charge in [0.05, 0.1) is 5.56 Å². The monoisotopic (exact) mass is 289 g/mol. The first kappa shape index (κ1) is 13.9. The minimum absolute atomic E-state index is 0.331. The van der Waals surface area contributed by atoms with E-state index >= 15 is 0 Å². The van der Waals surface area contributed by atoms with Crippen molar-refractivity contribution in [2.75, 3.05) is 0 Å². The summed E-state index contributed by atoms with van der Waals surface area (Å²) in [5.74, 6) is -0.879. The van der Waals surface area contributed by atoms with Gasteiger partial charge in [-0.2, -0.15) is 0 Å². The van der Waals surface area contributed by atoms with Crippen molar-refractivity contribution in [1.29, 1.82) is 0 Å². The molecule has 0 amide bonds. The van der Waals surface area contributed by atoms with E-state index in [9.17, 15) is 4.79 Å². The molecule has 4 rings (SSSR count). The molecule has 0 aliphatic rings. The lowest BCUT2D eigenvalue weighted by atomic mass is 10.2. The van der Waals surface area contributed by atoms with Gasteiger partial charge in [-0.1, -0.05) is 54.6 Å². The minimum Gasteiger partial charge on any atom is -0.478 e. The predicted molar refractivity (Wildman–Crippen MR) is 89.2 cm³/mol. The van der Waals surface area contributed by atoms with Gasteiger partial charge in [0.2, 0.25) is 0 Å². The first-order valence-electron chi connectivity index (χ1n) is 6.99. The van der Waals surface area contributed by atoms with Crippen LogP contribution < -0.4 is 0 Å². The molecule has 0 fully saturated rings. The van der Waals surface area contributed by atoms with Gasteiger partial charge in [-0.15, -0.1) is 0 Å². The largest absolute Gasteiger partial charge is 0.478 e. The Hall–Kier alpha value is -3.07. The predicted octanol–water partition coefficient (Wildman–Crippen LogP) is 4.71. The zero-order chi connectivity index (χ0) is 15.4. The molecule has 0 aliphatic heterocycles. The number of nitrogens with one attached hydrogen (secondary N) is 1. The van der Waals surface area contributed by atoms with Crippen LogP contribution in [0.25, 0.3) is 21.8 Å². The van der Waals surface area contributed by atoms with Crippen LogP contribution in [0.1, 0.15) is 10.4 Å². The van der Waals surface area contributed by atoms with Crippen molar-refractivity contribution >= 4 is 27.8 Å². The summed E-state index contributed by atoms with van der Waals surface area (Å²) in [5, 5.41) is 11.0. The van der Waals surface area contributed by atoms with Crippen LogP contribution in [0.4, 0.5) is 0 Å². The van der Waals surface area contributed by atoms with Crippen molar-refractivity contribution in [3.63, 3.8) is 0 Å². The highest BCUT2D eigenvalue weighted by atomic mass is 16.4. The smallest absolute Gasteiger partial charge is 0.335 e. The molecule has 3 nitrogen and oxygen atoms in total. The van der Waals surface area contributed by atoms with Crippen LogP contribution in [0.3, 0.4) is 0 Å². The Labute approximate surface area is 127 Å². The van der Waals surface area contributed by atoms with Crippen LogP contribution in [-0.4, -0.2) is 16.1 Å². The Morgan fingerprint density at radius 1 is 0.682 bits per heavy atom. The molecule has 0 radical (unpaired) electrons. The lowest BCUT2D eigenvalue weighted by Gasteiger charge is -1.88. The summed E-state index contributed by atoms with van der Waals surface area (Å²) in [5.41, 5.74) is 2.75. The fraction of sp³-hybridized carbons (Fsp3) is 0. The second-order valence-electron chi connectivity index (χ2n) is 4.89. The van der Waals surface area contributed by atoms with Gasteiger partial charge in [0, 0.05) is 21.8 Å². The molecule has 0 spiro atoms. The van der Waals surface area contributed by atoms with Gasteiger partial charge in [0.25, 0.3) is 0 Å². The number of benzene rings is 3.